The van der Waals surface area contributed by atoms with Gasteiger partial charge in [-0.15, -0.1) is 0 Å². The van der Waals surface area contributed by atoms with Crippen LogP contribution in [0.3, 0.4) is 0 Å². The van der Waals surface area contributed by atoms with Crippen molar-refractivity contribution < 1.29 is 24.9 Å². The van der Waals surface area contributed by atoms with Crippen LogP contribution in [0.2, 0.25) is 0 Å². The second-order valence-electron chi connectivity index (χ2n) is 2.89. The van der Waals surface area contributed by atoms with Crippen LogP contribution in [0.5, 0.6) is 5.75 Å². The van der Waals surface area contributed by atoms with Crippen LogP contribution < -0.4 is 4.74 Å². The zero-order valence-electron chi connectivity index (χ0n) is 7.96. The summed E-state index contributed by atoms with van der Waals surface area (Å²) in [5.74, 6) is -0.980. The highest BCUT2D eigenvalue weighted by Crippen LogP contribution is 2.19. The molecule has 0 radical (unpaired) electrons. The highest BCUT2D eigenvalue weighted by Gasteiger charge is 2.18. The van der Waals surface area contributed by atoms with Gasteiger partial charge in [0.25, 0.3) is 0 Å². The average Bonchev–Trinajstić information content (AvgIpc) is 2.25. The molecule has 0 fully saturated rings. The molecule has 15 heavy (non-hydrogen) atoms. The van der Waals surface area contributed by atoms with Crippen molar-refractivity contribution in [3.8, 4) is 5.75 Å². The van der Waals surface area contributed by atoms with Gasteiger partial charge in [0.2, 0.25) is 6.10 Å². The Morgan fingerprint density at radius 3 is 2.53 bits per heavy atom. The van der Waals surface area contributed by atoms with Crippen LogP contribution in [0.15, 0.2) is 24.3 Å². The van der Waals surface area contributed by atoms with E-state index in [1.54, 1.807) is 18.2 Å². The predicted octanol–water partition coefficient (Wildman–Crippen LogP) is 0.00320. The third-order valence-corrected chi connectivity index (χ3v) is 1.85. The minimum absolute atomic E-state index is 0.242. The Morgan fingerprint density at radius 1 is 1.33 bits per heavy atom. The summed E-state index contributed by atoms with van der Waals surface area (Å²) >= 11 is 0. The molecule has 0 bridgehead atoms. The van der Waals surface area contributed by atoms with E-state index in [1.165, 1.54) is 6.07 Å². The molecule has 1 aromatic rings. The van der Waals surface area contributed by atoms with E-state index in [9.17, 15) is 4.79 Å². The number of aliphatic hydroxyl groups excluding tert-OH is 2. The topological polar surface area (TPSA) is 87.0 Å². The van der Waals surface area contributed by atoms with E-state index in [1.807, 2.05) is 0 Å². The molecule has 1 aromatic carbocycles. The number of rotatable bonds is 5. The van der Waals surface area contributed by atoms with Crippen molar-refractivity contribution >= 4 is 5.97 Å². The van der Waals surface area contributed by atoms with Crippen LogP contribution >= 0.6 is 0 Å². The molecule has 0 saturated heterocycles. The van der Waals surface area contributed by atoms with Crippen LogP contribution in [0.4, 0.5) is 0 Å². The molecule has 1 atom stereocenters. The fourth-order valence-corrected chi connectivity index (χ4v) is 1.07. The molecule has 0 aliphatic rings. The maximum atomic E-state index is 10.6. The third-order valence-electron chi connectivity index (χ3n) is 1.85. The number of para-hydroxylation sites is 1. The maximum absolute atomic E-state index is 10.6. The molecule has 0 aliphatic carbocycles. The summed E-state index contributed by atoms with van der Waals surface area (Å²) in [6.45, 7) is -0.858. The first-order valence-corrected chi connectivity index (χ1v) is 4.38. The van der Waals surface area contributed by atoms with Gasteiger partial charge in [0.05, 0.1) is 13.2 Å². The minimum Gasteiger partial charge on any atom is -0.478 e. The number of hydrogen-bond donors (Lipinski definition) is 3. The summed E-state index contributed by atoms with van der Waals surface area (Å²) in [5.41, 5.74) is 0.484. The minimum atomic E-state index is -1.31. The van der Waals surface area contributed by atoms with Gasteiger partial charge in [-0.25, -0.2) is 4.79 Å². The second-order valence-corrected chi connectivity index (χ2v) is 2.89. The van der Waals surface area contributed by atoms with Gasteiger partial charge < -0.3 is 20.1 Å². The van der Waals surface area contributed by atoms with Crippen molar-refractivity contribution in [1.29, 1.82) is 0 Å². The molecule has 5 nitrogen and oxygen atoms in total. The standard InChI is InChI=1S/C10H12O5/c11-5-7-3-1-2-4-8(7)15-9(6-12)10(13)14/h1-4,9,11-12H,5-6H2,(H,13,14). The monoisotopic (exact) mass is 212 g/mol. The number of carbonyl (C=O) groups is 1. The van der Waals surface area contributed by atoms with Crippen molar-refractivity contribution in [3.63, 3.8) is 0 Å². The maximum Gasteiger partial charge on any atom is 0.347 e. The van der Waals surface area contributed by atoms with E-state index in [0.717, 1.165) is 0 Å². The van der Waals surface area contributed by atoms with E-state index in [4.69, 9.17) is 20.1 Å². The Bertz CT molecular complexity index is 336. The van der Waals surface area contributed by atoms with Gasteiger partial charge in [-0.2, -0.15) is 0 Å². The summed E-state index contributed by atoms with van der Waals surface area (Å²) in [6.07, 6.45) is -1.31. The molecule has 1 rings (SSSR count). The van der Waals surface area contributed by atoms with Gasteiger partial charge in [0, 0.05) is 5.56 Å². The van der Waals surface area contributed by atoms with Crippen molar-refractivity contribution in [1.82, 2.24) is 0 Å². The number of benzene rings is 1. The SMILES string of the molecule is O=C(O)C(CO)Oc1ccccc1CO. The Kier molecular flexibility index (Phi) is 4.08. The molecule has 0 amide bonds. The van der Waals surface area contributed by atoms with Crippen molar-refractivity contribution in [2.75, 3.05) is 6.61 Å². The summed E-state index contributed by atoms with van der Waals surface area (Å²) < 4.78 is 5.04. The van der Waals surface area contributed by atoms with Crippen LogP contribution in [0.1, 0.15) is 5.56 Å². The van der Waals surface area contributed by atoms with Gasteiger partial charge in [-0.05, 0) is 6.07 Å². The fourth-order valence-electron chi connectivity index (χ4n) is 1.07. The highest BCUT2D eigenvalue weighted by molar-refractivity contribution is 5.73. The van der Waals surface area contributed by atoms with Gasteiger partial charge in [-0.1, -0.05) is 18.2 Å². The van der Waals surface area contributed by atoms with Gasteiger partial charge in [0.15, 0.2) is 0 Å². The van der Waals surface area contributed by atoms with E-state index in [0.29, 0.717) is 5.56 Å². The first-order valence-electron chi connectivity index (χ1n) is 4.38. The molecule has 0 spiro atoms. The zero-order chi connectivity index (χ0) is 11.3. The Hall–Kier alpha value is -1.59. The largest absolute Gasteiger partial charge is 0.478 e. The normalized spacial score (nSPS) is 12.1. The van der Waals surface area contributed by atoms with Crippen LogP contribution in [-0.4, -0.2) is 34.0 Å². The van der Waals surface area contributed by atoms with E-state index >= 15 is 0 Å². The third kappa shape index (κ3) is 2.93. The predicted molar refractivity (Wildman–Crippen MR) is 51.5 cm³/mol. The summed E-state index contributed by atoms with van der Waals surface area (Å²) in [4.78, 5) is 10.6. The number of ether oxygens (including phenoxy) is 1. The highest BCUT2D eigenvalue weighted by atomic mass is 16.5. The number of aliphatic carboxylic acids is 1. The van der Waals surface area contributed by atoms with E-state index in [-0.39, 0.29) is 12.4 Å². The van der Waals surface area contributed by atoms with Crippen molar-refractivity contribution in [2.45, 2.75) is 12.7 Å². The Morgan fingerprint density at radius 2 is 2.00 bits per heavy atom. The molecule has 1 unspecified atom stereocenters. The van der Waals surface area contributed by atoms with Crippen molar-refractivity contribution in [3.05, 3.63) is 29.8 Å². The average molecular weight is 212 g/mol. The lowest BCUT2D eigenvalue weighted by Crippen LogP contribution is -2.30. The molecule has 0 aromatic heterocycles. The van der Waals surface area contributed by atoms with Gasteiger partial charge in [-0.3, -0.25) is 0 Å². The number of carboxylic acids is 1. The molecule has 3 N–H and O–H groups in total. The molecule has 0 aliphatic heterocycles. The lowest BCUT2D eigenvalue weighted by molar-refractivity contribution is -0.146. The van der Waals surface area contributed by atoms with Gasteiger partial charge >= 0.3 is 5.97 Å². The molecule has 82 valence electrons. The molecular weight excluding hydrogens is 200 g/mol. The number of carboxylic acid groups (broad SMARTS) is 1. The molecule has 5 heteroatoms. The van der Waals surface area contributed by atoms with E-state index < -0.39 is 18.7 Å². The molecule has 0 heterocycles. The lowest BCUT2D eigenvalue weighted by atomic mass is 10.2. The Labute approximate surface area is 86.5 Å². The summed E-state index contributed by atoms with van der Waals surface area (Å²) in [7, 11) is 0. The second kappa shape index (κ2) is 5.33. The fraction of sp³-hybridized carbons (Fsp3) is 0.300. The number of aliphatic hydroxyl groups is 2. The van der Waals surface area contributed by atoms with Crippen molar-refractivity contribution in [2.24, 2.45) is 0 Å². The first kappa shape index (κ1) is 11.5. The van der Waals surface area contributed by atoms with E-state index in [2.05, 4.69) is 0 Å². The van der Waals surface area contributed by atoms with Gasteiger partial charge in [0.1, 0.15) is 5.75 Å². The lowest BCUT2D eigenvalue weighted by Gasteiger charge is -2.14. The molecular formula is C10H12O5. The quantitative estimate of drug-likeness (QED) is 0.639. The van der Waals surface area contributed by atoms with Crippen LogP contribution in [-0.2, 0) is 11.4 Å². The summed E-state index contributed by atoms with van der Waals surface area (Å²) in [5, 5.41) is 26.4. The Balaban J connectivity index is 2.82. The summed E-state index contributed by atoms with van der Waals surface area (Å²) in [6, 6.07) is 6.51. The molecule has 0 saturated carbocycles. The van der Waals surface area contributed by atoms with Crippen LogP contribution in [0.25, 0.3) is 0 Å². The zero-order valence-corrected chi connectivity index (χ0v) is 7.96. The van der Waals surface area contributed by atoms with Crippen LogP contribution in [0, 0.1) is 0 Å². The first-order chi connectivity index (χ1) is 7.19. The smallest absolute Gasteiger partial charge is 0.347 e. The number of hydrogen-bond acceptors (Lipinski definition) is 4.